The van der Waals surface area contributed by atoms with Crippen molar-refractivity contribution in [2.24, 2.45) is 0 Å². The number of thiophene rings is 1. The van der Waals surface area contributed by atoms with Crippen LogP contribution in [0.3, 0.4) is 0 Å². The summed E-state index contributed by atoms with van der Waals surface area (Å²) in [5.41, 5.74) is -0.411. The van der Waals surface area contributed by atoms with Gasteiger partial charge in [0.2, 0.25) is 0 Å². The Labute approximate surface area is 235 Å². The highest BCUT2D eigenvalue weighted by Crippen LogP contribution is 2.38. The van der Waals surface area contributed by atoms with E-state index in [4.69, 9.17) is 9.47 Å². The van der Waals surface area contributed by atoms with E-state index in [1.807, 2.05) is 0 Å². The van der Waals surface area contributed by atoms with Gasteiger partial charge in [0.25, 0.3) is 0 Å². The largest absolute Gasteiger partial charge is 0.443 e. The molecule has 206 valence electrons. The lowest BCUT2D eigenvalue weighted by Crippen LogP contribution is -2.44. The number of nitriles is 1. The first kappa shape index (κ1) is 28.6. The van der Waals surface area contributed by atoms with Crippen LogP contribution in [0, 0.1) is 11.3 Å². The molecule has 11 heteroatoms. The number of pyridine rings is 1. The summed E-state index contributed by atoms with van der Waals surface area (Å²) in [5.74, 6) is 0.0905. The van der Waals surface area contributed by atoms with Crippen molar-refractivity contribution in [3.05, 3.63) is 70.9 Å². The normalized spacial score (nSPS) is 12.4. The van der Waals surface area contributed by atoms with Crippen molar-refractivity contribution in [1.29, 1.82) is 5.26 Å². The number of carbonyl (C=O) groups excluding carboxylic acids is 2. The summed E-state index contributed by atoms with van der Waals surface area (Å²) in [4.78, 5) is 42.0. The molecule has 0 saturated heterocycles. The molecule has 0 fully saturated rings. The predicted octanol–water partition coefficient (Wildman–Crippen LogP) is 6.38. The lowest BCUT2D eigenvalue weighted by molar-refractivity contribution is 0.0429. The maximum absolute atomic E-state index is 13.5. The molecular weight excluding hydrogens is 530 g/mol. The van der Waals surface area contributed by atoms with E-state index < -0.39 is 29.5 Å². The second kappa shape index (κ2) is 11.0. The minimum atomic E-state index is -1.04. The molecule has 0 bridgehead atoms. The van der Waals surface area contributed by atoms with Gasteiger partial charge in [0.05, 0.1) is 17.0 Å². The molecule has 1 N–H and O–H groups in total. The van der Waals surface area contributed by atoms with E-state index in [1.54, 1.807) is 96.4 Å². The van der Waals surface area contributed by atoms with Gasteiger partial charge in [0.15, 0.2) is 11.6 Å². The molecular formula is C29H29N5O5S. The van der Waals surface area contributed by atoms with E-state index in [9.17, 15) is 20.0 Å². The number of anilines is 1. The molecule has 0 spiro atoms. The molecule has 0 aliphatic heterocycles. The number of rotatable bonds is 4. The molecule has 1 unspecified atom stereocenters. The summed E-state index contributed by atoms with van der Waals surface area (Å²) in [6.07, 6.45) is 0.140. The van der Waals surface area contributed by atoms with Crippen molar-refractivity contribution in [2.75, 3.05) is 4.90 Å². The Kier molecular flexibility index (Phi) is 7.86. The van der Waals surface area contributed by atoms with Gasteiger partial charge >= 0.3 is 12.2 Å². The highest BCUT2D eigenvalue weighted by molar-refractivity contribution is 7.18. The number of ether oxygens (including phenoxy) is 2. The lowest BCUT2D eigenvalue weighted by Gasteiger charge is -2.28. The third kappa shape index (κ3) is 6.59. The summed E-state index contributed by atoms with van der Waals surface area (Å²) >= 11 is 1.18. The van der Waals surface area contributed by atoms with Gasteiger partial charge < -0.3 is 14.6 Å². The van der Waals surface area contributed by atoms with Crippen LogP contribution in [0.4, 0.5) is 15.4 Å². The lowest BCUT2D eigenvalue weighted by atomic mass is 10.1. The molecule has 4 aromatic rings. The van der Waals surface area contributed by atoms with Crippen LogP contribution in [0.25, 0.3) is 21.6 Å². The molecule has 2 amide bonds. The van der Waals surface area contributed by atoms with Crippen molar-refractivity contribution in [3.8, 4) is 17.5 Å². The van der Waals surface area contributed by atoms with E-state index in [2.05, 4.69) is 21.0 Å². The molecule has 3 heterocycles. The summed E-state index contributed by atoms with van der Waals surface area (Å²) in [6, 6.07) is 13.8. The maximum Gasteiger partial charge on any atom is 0.425 e. The molecule has 0 radical (unpaired) electrons. The quantitative estimate of drug-likeness (QED) is 0.301. The zero-order valence-corrected chi connectivity index (χ0v) is 23.8. The molecule has 10 nitrogen and oxygen atoms in total. The van der Waals surface area contributed by atoms with Gasteiger partial charge in [-0.3, -0.25) is 4.98 Å². The van der Waals surface area contributed by atoms with Crippen molar-refractivity contribution in [3.63, 3.8) is 0 Å². The van der Waals surface area contributed by atoms with Crippen LogP contribution in [-0.4, -0.2) is 43.4 Å². The van der Waals surface area contributed by atoms with E-state index in [-0.39, 0.29) is 11.6 Å². The first-order valence-corrected chi connectivity index (χ1v) is 13.2. The number of carbonyl (C=O) groups is 2. The number of benzene rings is 1. The topological polar surface area (TPSA) is 139 Å². The summed E-state index contributed by atoms with van der Waals surface area (Å²) in [7, 11) is 0. The standard InChI is InChI=1S/C29H29N5O5S/c1-28(2,3)38-26(36)34(27(37)39-29(4,5)6)24-20-14-21(22(35)19-11-8-12-31-16-19)40-25(20)33-23(32-24)18-10-7-9-17(13-18)15-30/h7-14,16,22,35H,1-6H3. The van der Waals surface area contributed by atoms with Crippen LogP contribution in [0.2, 0.25) is 0 Å². The molecule has 0 aliphatic rings. The third-order valence-corrected chi connectivity index (χ3v) is 6.36. The van der Waals surface area contributed by atoms with Gasteiger partial charge in [0, 0.05) is 28.4 Å². The Morgan fingerprint density at radius 2 is 1.68 bits per heavy atom. The molecule has 3 aromatic heterocycles. The molecule has 1 aromatic carbocycles. The van der Waals surface area contributed by atoms with Gasteiger partial charge in [-0.2, -0.15) is 10.2 Å². The average Bonchev–Trinajstić information content (AvgIpc) is 3.31. The van der Waals surface area contributed by atoms with Crippen LogP contribution in [0.1, 0.15) is 63.7 Å². The predicted molar refractivity (Wildman–Crippen MR) is 151 cm³/mol. The first-order valence-electron chi connectivity index (χ1n) is 12.4. The van der Waals surface area contributed by atoms with Gasteiger partial charge in [-0.1, -0.05) is 18.2 Å². The zero-order chi connectivity index (χ0) is 29.2. The summed E-state index contributed by atoms with van der Waals surface area (Å²) in [5, 5.41) is 20.8. The Bertz CT molecular complexity index is 1570. The van der Waals surface area contributed by atoms with Crippen LogP contribution in [0.5, 0.6) is 0 Å². The van der Waals surface area contributed by atoms with Crippen molar-refractivity contribution < 1.29 is 24.2 Å². The van der Waals surface area contributed by atoms with Crippen LogP contribution >= 0.6 is 11.3 Å². The smallest absolute Gasteiger partial charge is 0.425 e. The van der Waals surface area contributed by atoms with Crippen molar-refractivity contribution in [2.45, 2.75) is 58.8 Å². The number of nitrogens with zero attached hydrogens (tertiary/aromatic N) is 5. The molecule has 4 rings (SSSR count). The zero-order valence-electron chi connectivity index (χ0n) is 23.0. The minimum Gasteiger partial charge on any atom is -0.443 e. The maximum atomic E-state index is 13.5. The Morgan fingerprint density at radius 1 is 1.00 bits per heavy atom. The minimum absolute atomic E-state index is 0.0771. The van der Waals surface area contributed by atoms with E-state index in [0.717, 1.165) is 4.90 Å². The number of hydrogen-bond acceptors (Lipinski definition) is 10. The average molecular weight is 560 g/mol. The van der Waals surface area contributed by atoms with Crippen molar-refractivity contribution in [1.82, 2.24) is 15.0 Å². The Morgan fingerprint density at radius 3 is 2.25 bits per heavy atom. The number of aromatic nitrogens is 3. The van der Waals surface area contributed by atoms with Crippen molar-refractivity contribution >= 4 is 39.6 Å². The number of imide groups is 1. The SMILES string of the molecule is CC(C)(C)OC(=O)N(C(=O)OC(C)(C)C)c1nc(-c2cccc(C#N)c2)nc2sc(C(O)c3cccnc3)cc12. The molecule has 0 saturated carbocycles. The summed E-state index contributed by atoms with van der Waals surface area (Å²) in [6.45, 7) is 10.1. The molecule has 0 aliphatic carbocycles. The fourth-order valence-electron chi connectivity index (χ4n) is 3.65. The van der Waals surface area contributed by atoms with Gasteiger partial charge in [-0.15, -0.1) is 11.3 Å². The molecule has 40 heavy (non-hydrogen) atoms. The fourth-order valence-corrected chi connectivity index (χ4v) is 4.69. The Hall–Kier alpha value is -4.40. The number of amides is 2. The highest BCUT2D eigenvalue weighted by atomic mass is 32.1. The number of aliphatic hydroxyl groups is 1. The van der Waals surface area contributed by atoms with Gasteiger partial charge in [-0.25, -0.2) is 19.6 Å². The highest BCUT2D eigenvalue weighted by Gasteiger charge is 2.36. The van der Waals surface area contributed by atoms with E-state index in [1.165, 1.54) is 11.3 Å². The first-order chi connectivity index (χ1) is 18.8. The number of aliphatic hydroxyl groups excluding tert-OH is 1. The fraction of sp³-hybridized carbons (Fsp3) is 0.310. The monoisotopic (exact) mass is 559 g/mol. The van der Waals surface area contributed by atoms with Gasteiger partial charge in [-0.05, 0) is 65.8 Å². The number of fused-ring (bicyclic) bond motifs is 1. The summed E-state index contributed by atoms with van der Waals surface area (Å²) < 4.78 is 11.1. The van der Waals surface area contributed by atoms with Crippen LogP contribution < -0.4 is 4.90 Å². The second-order valence-electron chi connectivity index (χ2n) is 10.9. The van der Waals surface area contributed by atoms with Gasteiger partial charge in [0.1, 0.15) is 22.1 Å². The van der Waals surface area contributed by atoms with Crippen LogP contribution in [-0.2, 0) is 9.47 Å². The second-order valence-corrected chi connectivity index (χ2v) is 12.0. The molecule has 1 atom stereocenters. The van der Waals surface area contributed by atoms with E-state index >= 15 is 0 Å². The third-order valence-electron chi connectivity index (χ3n) is 5.28. The van der Waals surface area contributed by atoms with E-state index in [0.29, 0.717) is 31.8 Å². The Balaban J connectivity index is 1.97. The van der Waals surface area contributed by atoms with Crippen LogP contribution in [0.15, 0.2) is 54.9 Å². The number of hydrogen-bond donors (Lipinski definition) is 1.